The zero-order valence-electron chi connectivity index (χ0n) is 7.85. The summed E-state index contributed by atoms with van der Waals surface area (Å²) in [5, 5.41) is 9.37. The van der Waals surface area contributed by atoms with Crippen molar-refractivity contribution in [2.45, 2.75) is 19.4 Å². The molecule has 0 radical (unpaired) electrons. The van der Waals surface area contributed by atoms with Crippen LogP contribution in [0.15, 0.2) is 0 Å². The van der Waals surface area contributed by atoms with Crippen molar-refractivity contribution in [3.8, 4) is 0 Å². The van der Waals surface area contributed by atoms with Crippen LogP contribution in [-0.2, 0) is 4.79 Å². The van der Waals surface area contributed by atoms with Crippen LogP contribution in [0, 0.1) is 0 Å². The van der Waals surface area contributed by atoms with Gasteiger partial charge in [-0.1, -0.05) is 0 Å². The fourth-order valence-corrected chi connectivity index (χ4v) is 2.67. The molecule has 0 amide bonds. The van der Waals surface area contributed by atoms with E-state index in [0.717, 1.165) is 6.16 Å². The molecule has 0 aliphatic rings. The minimum absolute atomic E-state index is 0.0794. The summed E-state index contributed by atoms with van der Waals surface area (Å²) in [5.74, 6) is 0.0794. The van der Waals surface area contributed by atoms with Gasteiger partial charge in [0.1, 0.15) is 0 Å². The van der Waals surface area contributed by atoms with Crippen LogP contribution in [0.4, 0.5) is 0 Å². The van der Waals surface area contributed by atoms with Crippen molar-refractivity contribution < 1.29 is 9.90 Å². The number of aliphatic hydroxyl groups excluding tert-OH is 1. The number of hydrogen-bond acceptors (Lipinski definition) is 2. The molecule has 0 saturated heterocycles. The molecule has 3 heteroatoms. The summed E-state index contributed by atoms with van der Waals surface area (Å²) in [4.78, 5) is 10.6. The second kappa shape index (κ2) is 4.18. The molecule has 0 spiro atoms. The molecule has 0 heterocycles. The molecule has 1 atom stereocenters. The van der Waals surface area contributed by atoms with Crippen molar-refractivity contribution in [3.63, 3.8) is 0 Å². The van der Waals surface area contributed by atoms with Crippen LogP contribution in [0.1, 0.15) is 13.3 Å². The van der Waals surface area contributed by atoms with Crippen LogP contribution in [0.3, 0.4) is 0 Å². The molecule has 0 fully saturated rings. The van der Waals surface area contributed by atoms with Crippen LogP contribution in [0.2, 0.25) is 0 Å². The van der Waals surface area contributed by atoms with E-state index in [1.807, 2.05) is 0 Å². The second-order valence-electron chi connectivity index (χ2n) is 4.32. The van der Waals surface area contributed by atoms with E-state index in [-0.39, 0.29) is 5.78 Å². The number of carbonyl (C=O) groups excluding carboxylic acids is 1. The van der Waals surface area contributed by atoms with Gasteiger partial charge in [0.15, 0.2) is 0 Å². The van der Waals surface area contributed by atoms with Crippen LogP contribution in [-0.4, -0.2) is 43.2 Å². The molecule has 0 saturated carbocycles. The van der Waals surface area contributed by atoms with Gasteiger partial charge in [0.05, 0.1) is 0 Å². The quantitative estimate of drug-likeness (QED) is 0.651. The maximum atomic E-state index is 10.6. The Morgan fingerprint density at radius 1 is 1.45 bits per heavy atom. The van der Waals surface area contributed by atoms with Crippen LogP contribution in [0.25, 0.3) is 0 Å². The van der Waals surface area contributed by atoms with Crippen molar-refractivity contribution in [1.29, 1.82) is 0 Å². The first-order valence-corrected chi connectivity index (χ1v) is 7.69. The number of carbonyl (C=O) groups is 1. The molecule has 0 aromatic rings. The normalized spacial score (nSPS) is 16.1. The van der Waals surface area contributed by atoms with E-state index >= 15 is 0 Å². The van der Waals surface area contributed by atoms with Crippen LogP contribution in [0.5, 0.6) is 0 Å². The average Bonchev–Trinajstić information content (AvgIpc) is 1.53. The Morgan fingerprint density at radius 2 is 1.91 bits per heavy atom. The second-order valence-corrected chi connectivity index (χ2v) is 9.85. The molecule has 68 valence electrons. The fraction of sp³-hybridized carbons (Fsp3) is 0.875. The third-order valence-corrected chi connectivity index (χ3v) is 3.07. The van der Waals surface area contributed by atoms with Gasteiger partial charge in [0, 0.05) is 0 Å². The summed E-state index contributed by atoms with van der Waals surface area (Å²) in [6.07, 6.45) is 0.746. The Morgan fingerprint density at radius 3 is 2.18 bits per heavy atom. The Kier molecular flexibility index (Phi) is 4.20. The Labute approximate surface area is 69.3 Å². The molecule has 0 aliphatic carbocycles. The van der Waals surface area contributed by atoms with E-state index in [0.29, 0.717) is 6.42 Å². The van der Waals surface area contributed by atoms with Gasteiger partial charge < -0.3 is 0 Å². The number of hydrogen-bond donors (Lipinski definition) is 1. The van der Waals surface area contributed by atoms with Crippen LogP contribution < -0.4 is 0 Å². The molecule has 11 heavy (non-hydrogen) atoms. The summed E-state index contributed by atoms with van der Waals surface area (Å²) in [5.41, 5.74) is 0. The van der Waals surface area contributed by atoms with Gasteiger partial charge in [-0.05, 0) is 0 Å². The SMILES string of the molecule is CC(=O)C[C@H](O)C[PH](C)(C)C. The van der Waals surface area contributed by atoms with Crippen molar-refractivity contribution in [3.05, 3.63) is 0 Å². The first kappa shape index (κ1) is 11.1. The van der Waals surface area contributed by atoms with Gasteiger partial charge in [-0.2, -0.15) is 0 Å². The summed E-state index contributed by atoms with van der Waals surface area (Å²) in [6, 6.07) is 0. The molecule has 2 nitrogen and oxygen atoms in total. The predicted octanol–water partition coefficient (Wildman–Crippen LogP) is 0.966. The zero-order valence-corrected chi connectivity index (χ0v) is 8.85. The molecule has 0 bridgehead atoms. The summed E-state index contributed by atoms with van der Waals surface area (Å²) in [7, 11) is -1.19. The molecular weight excluding hydrogens is 159 g/mol. The molecule has 0 rings (SSSR count). The number of aliphatic hydroxyl groups is 1. The van der Waals surface area contributed by atoms with Gasteiger partial charge in [0.2, 0.25) is 0 Å². The Balaban J connectivity index is 3.69. The number of rotatable bonds is 4. The van der Waals surface area contributed by atoms with Gasteiger partial charge in [-0.25, -0.2) is 0 Å². The first-order chi connectivity index (χ1) is 4.81. The molecular formula is C8H19O2P. The molecule has 0 aromatic carbocycles. The van der Waals surface area contributed by atoms with E-state index in [2.05, 4.69) is 20.0 Å². The third-order valence-electron chi connectivity index (χ3n) is 1.37. The minimum atomic E-state index is -1.19. The van der Waals surface area contributed by atoms with E-state index in [1.165, 1.54) is 6.92 Å². The first-order valence-electron chi connectivity index (χ1n) is 3.99. The van der Waals surface area contributed by atoms with E-state index < -0.39 is 13.4 Å². The van der Waals surface area contributed by atoms with E-state index in [1.54, 1.807) is 0 Å². The fourth-order valence-electron chi connectivity index (χ4n) is 1.11. The molecule has 1 N–H and O–H groups in total. The topological polar surface area (TPSA) is 37.3 Å². The zero-order chi connectivity index (χ0) is 9.07. The average molecular weight is 178 g/mol. The van der Waals surface area contributed by atoms with Crippen molar-refractivity contribution in [1.82, 2.24) is 0 Å². The standard InChI is InChI=1S/C8H19O2P/c1-7(9)5-8(10)6-11(2,3)4/h8,10-11H,5-6H2,1-4H3/t8-/m0/s1. The van der Waals surface area contributed by atoms with Crippen molar-refractivity contribution in [2.24, 2.45) is 0 Å². The number of Topliss-reactive ketones (excluding diaryl/α,β-unsaturated/α-hetero) is 1. The molecule has 0 unspecified atom stereocenters. The van der Waals surface area contributed by atoms with E-state index in [9.17, 15) is 9.90 Å². The Hall–Kier alpha value is 0.0600. The van der Waals surface area contributed by atoms with Gasteiger partial charge in [-0.15, -0.1) is 0 Å². The predicted molar refractivity (Wildman–Crippen MR) is 52.3 cm³/mol. The summed E-state index contributed by atoms with van der Waals surface area (Å²) < 4.78 is 0. The summed E-state index contributed by atoms with van der Waals surface area (Å²) >= 11 is 0. The maximum absolute atomic E-state index is 10.6. The summed E-state index contributed by atoms with van der Waals surface area (Å²) in [6.45, 7) is 8.09. The van der Waals surface area contributed by atoms with Gasteiger partial charge >= 0.3 is 68.6 Å². The van der Waals surface area contributed by atoms with Crippen molar-refractivity contribution >= 4 is 13.0 Å². The molecule has 0 aliphatic heterocycles. The van der Waals surface area contributed by atoms with Gasteiger partial charge in [0.25, 0.3) is 0 Å². The van der Waals surface area contributed by atoms with Crippen molar-refractivity contribution in [2.75, 3.05) is 26.2 Å². The third kappa shape index (κ3) is 7.96. The van der Waals surface area contributed by atoms with Crippen LogP contribution >= 0.6 is 7.26 Å². The monoisotopic (exact) mass is 178 g/mol. The number of ketones is 1. The molecule has 0 aromatic heterocycles. The van der Waals surface area contributed by atoms with Gasteiger partial charge in [-0.3, -0.25) is 0 Å². The van der Waals surface area contributed by atoms with E-state index in [4.69, 9.17) is 0 Å². The Bertz CT molecular complexity index is 138.